The second-order valence-electron chi connectivity index (χ2n) is 4.45. The first kappa shape index (κ1) is 15.5. The number of carbonyl (C=O) groups is 2. The Balaban J connectivity index is 2.92. The van der Waals surface area contributed by atoms with Crippen LogP contribution in [-0.2, 0) is 11.2 Å². The third-order valence-corrected chi connectivity index (χ3v) is 3.70. The number of carboxylic acids is 1. The summed E-state index contributed by atoms with van der Waals surface area (Å²) in [5.41, 5.74) is 0. The summed E-state index contributed by atoms with van der Waals surface area (Å²) in [6.07, 6.45) is 1.05. The van der Waals surface area contributed by atoms with E-state index in [9.17, 15) is 9.59 Å². The third kappa shape index (κ3) is 3.96. The average Bonchev–Trinajstić information content (AvgIpc) is 2.71. The topological polar surface area (TPSA) is 66.8 Å². The molecule has 19 heavy (non-hydrogen) atoms. The van der Waals surface area contributed by atoms with E-state index in [1.165, 1.54) is 16.2 Å². The standard InChI is InChI=1S/C13H19NO4S/c1-5-6-9-7-10(11(19-9)13(16)17)18-8(2)12(15)14(3)4/h7-8H,5-6H2,1-4H3,(H,16,17). The van der Waals surface area contributed by atoms with Crippen molar-refractivity contribution in [3.63, 3.8) is 0 Å². The fourth-order valence-electron chi connectivity index (χ4n) is 1.63. The largest absolute Gasteiger partial charge is 0.479 e. The highest BCUT2D eigenvalue weighted by Gasteiger charge is 2.22. The molecule has 0 radical (unpaired) electrons. The van der Waals surface area contributed by atoms with Gasteiger partial charge in [0.2, 0.25) is 0 Å². The average molecular weight is 285 g/mol. The molecule has 0 fully saturated rings. The number of aryl methyl sites for hydroxylation is 1. The van der Waals surface area contributed by atoms with Gasteiger partial charge in [0.25, 0.3) is 5.91 Å². The van der Waals surface area contributed by atoms with Crippen LogP contribution in [0.1, 0.15) is 34.8 Å². The Morgan fingerprint density at radius 3 is 2.58 bits per heavy atom. The molecule has 106 valence electrons. The van der Waals surface area contributed by atoms with Gasteiger partial charge in [0, 0.05) is 19.0 Å². The minimum Gasteiger partial charge on any atom is -0.479 e. The van der Waals surface area contributed by atoms with Gasteiger partial charge in [0.15, 0.2) is 11.0 Å². The molecule has 0 aliphatic carbocycles. The van der Waals surface area contributed by atoms with Crippen molar-refractivity contribution in [3.05, 3.63) is 15.8 Å². The number of aromatic carboxylic acids is 1. The van der Waals surface area contributed by atoms with E-state index in [-0.39, 0.29) is 16.5 Å². The van der Waals surface area contributed by atoms with Crippen LogP contribution in [-0.4, -0.2) is 42.1 Å². The Labute approximate surface area is 116 Å². The third-order valence-electron chi connectivity index (χ3n) is 2.53. The van der Waals surface area contributed by atoms with Gasteiger partial charge in [-0.25, -0.2) is 4.79 Å². The summed E-state index contributed by atoms with van der Waals surface area (Å²) in [4.78, 5) is 25.4. The molecule has 1 aromatic heterocycles. The first-order valence-corrected chi connectivity index (χ1v) is 6.92. The van der Waals surface area contributed by atoms with Gasteiger partial charge < -0.3 is 14.7 Å². The Morgan fingerprint density at radius 2 is 2.11 bits per heavy atom. The van der Waals surface area contributed by atoms with Gasteiger partial charge in [0.1, 0.15) is 5.75 Å². The summed E-state index contributed by atoms with van der Waals surface area (Å²) in [5, 5.41) is 9.14. The first-order chi connectivity index (χ1) is 8.86. The zero-order chi connectivity index (χ0) is 14.6. The van der Waals surface area contributed by atoms with Gasteiger partial charge >= 0.3 is 5.97 Å². The van der Waals surface area contributed by atoms with Gasteiger partial charge in [-0.05, 0) is 19.4 Å². The van der Waals surface area contributed by atoms with Gasteiger partial charge in [-0.1, -0.05) is 13.3 Å². The maximum absolute atomic E-state index is 11.7. The predicted octanol–water partition coefficient (Wildman–Crippen LogP) is 2.25. The molecule has 0 aromatic carbocycles. The smallest absolute Gasteiger partial charge is 0.349 e. The van der Waals surface area contributed by atoms with Gasteiger partial charge in [-0.15, -0.1) is 11.3 Å². The molecule has 1 atom stereocenters. The lowest BCUT2D eigenvalue weighted by atomic mass is 10.2. The van der Waals surface area contributed by atoms with E-state index < -0.39 is 12.1 Å². The molecule has 1 N–H and O–H groups in total. The Morgan fingerprint density at radius 1 is 1.47 bits per heavy atom. The number of carboxylic acid groups (broad SMARTS) is 1. The molecule has 0 saturated carbocycles. The maximum Gasteiger partial charge on any atom is 0.349 e. The molecule has 1 rings (SSSR count). The van der Waals surface area contributed by atoms with Crippen molar-refractivity contribution in [2.75, 3.05) is 14.1 Å². The summed E-state index contributed by atoms with van der Waals surface area (Å²) in [5.74, 6) is -0.935. The number of thiophene rings is 1. The molecule has 6 heteroatoms. The Bertz CT molecular complexity index is 467. The SMILES string of the molecule is CCCc1cc(OC(C)C(=O)N(C)C)c(C(=O)O)s1. The molecule has 0 bridgehead atoms. The molecule has 1 amide bonds. The molecule has 1 unspecified atom stereocenters. The van der Waals surface area contributed by atoms with Crippen molar-refractivity contribution in [2.45, 2.75) is 32.8 Å². The van der Waals surface area contributed by atoms with Crippen molar-refractivity contribution in [1.29, 1.82) is 0 Å². The lowest BCUT2D eigenvalue weighted by Crippen LogP contribution is -2.35. The molecular weight excluding hydrogens is 266 g/mol. The number of rotatable bonds is 6. The molecule has 0 aliphatic heterocycles. The fourth-order valence-corrected chi connectivity index (χ4v) is 2.66. The van der Waals surface area contributed by atoms with E-state index >= 15 is 0 Å². The zero-order valence-electron chi connectivity index (χ0n) is 11.6. The van der Waals surface area contributed by atoms with Crippen LogP contribution in [0.15, 0.2) is 6.07 Å². The van der Waals surface area contributed by atoms with Crippen LogP contribution in [0.4, 0.5) is 0 Å². The predicted molar refractivity (Wildman–Crippen MR) is 74.1 cm³/mol. The van der Waals surface area contributed by atoms with E-state index in [0.717, 1.165) is 17.7 Å². The molecule has 0 spiro atoms. The van der Waals surface area contributed by atoms with Crippen molar-refractivity contribution < 1.29 is 19.4 Å². The lowest BCUT2D eigenvalue weighted by Gasteiger charge is -2.17. The summed E-state index contributed by atoms with van der Waals surface area (Å²) in [7, 11) is 3.27. The first-order valence-electron chi connectivity index (χ1n) is 6.10. The summed E-state index contributed by atoms with van der Waals surface area (Å²) >= 11 is 1.20. The number of likely N-dealkylation sites (N-methyl/N-ethyl adjacent to an activating group) is 1. The fraction of sp³-hybridized carbons (Fsp3) is 0.538. The number of hydrogen-bond acceptors (Lipinski definition) is 4. The highest BCUT2D eigenvalue weighted by atomic mass is 32.1. The van der Waals surface area contributed by atoms with Crippen LogP contribution >= 0.6 is 11.3 Å². The van der Waals surface area contributed by atoms with E-state index in [1.54, 1.807) is 27.1 Å². The van der Waals surface area contributed by atoms with E-state index in [0.29, 0.717) is 0 Å². The number of hydrogen-bond donors (Lipinski definition) is 1. The summed E-state index contributed by atoms with van der Waals surface area (Å²) in [6.45, 7) is 3.64. The van der Waals surface area contributed by atoms with Gasteiger partial charge in [-0.3, -0.25) is 4.79 Å². The van der Waals surface area contributed by atoms with Gasteiger partial charge in [-0.2, -0.15) is 0 Å². The number of ether oxygens (including phenoxy) is 1. The van der Waals surface area contributed by atoms with E-state index in [4.69, 9.17) is 9.84 Å². The Hall–Kier alpha value is -1.56. The van der Waals surface area contributed by atoms with Crippen molar-refractivity contribution in [2.24, 2.45) is 0 Å². The molecular formula is C13H19NO4S. The number of carbonyl (C=O) groups excluding carboxylic acids is 1. The highest BCUT2D eigenvalue weighted by Crippen LogP contribution is 2.31. The maximum atomic E-state index is 11.7. The Kier molecular flexibility index (Phi) is 5.35. The normalized spacial score (nSPS) is 12.0. The van der Waals surface area contributed by atoms with Crippen molar-refractivity contribution in [1.82, 2.24) is 4.90 Å². The second-order valence-corrected chi connectivity index (χ2v) is 5.59. The molecule has 1 heterocycles. The lowest BCUT2D eigenvalue weighted by molar-refractivity contribution is -0.135. The molecule has 0 saturated heterocycles. The van der Waals surface area contributed by atoms with Crippen LogP contribution in [0.5, 0.6) is 5.75 Å². The number of amides is 1. The van der Waals surface area contributed by atoms with Crippen molar-refractivity contribution in [3.8, 4) is 5.75 Å². The second kappa shape index (κ2) is 6.56. The quantitative estimate of drug-likeness (QED) is 0.870. The van der Waals surface area contributed by atoms with E-state index in [2.05, 4.69) is 0 Å². The molecule has 1 aromatic rings. The summed E-state index contributed by atoms with van der Waals surface area (Å²) in [6, 6.07) is 1.72. The van der Waals surface area contributed by atoms with Crippen LogP contribution < -0.4 is 4.74 Å². The zero-order valence-corrected chi connectivity index (χ0v) is 12.4. The minimum absolute atomic E-state index is 0.154. The monoisotopic (exact) mass is 285 g/mol. The minimum atomic E-state index is -1.02. The van der Waals surface area contributed by atoms with E-state index in [1.807, 2.05) is 6.92 Å². The number of nitrogens with zero attached hydrogens (tertiary/aromatic N) is 1. The van der Waals surface area contributed by atoms with Crippen LogP contribution in [0.25, 0.3) is 0 Å². The summed E-state index contributed by atoms with van der Waals surface area (Å²) < 4.78 is 5.50. The van der Waals surface area contributed by atoms with Gasteiger partial charge in [0.05, 0.1) is 0 Å². The molecule has 5 nitrogen and oxygen atoms in total. The van der Waals surface area contributed by atoms with Crippen LogP contribution in [0, 0.1) is 0 Å². The van der Waals surface area contributed by atoms with Crippen molar-refractivity contribution >= 4 is 23.2 Å². The molecule has 0 aliphatic rings. The highest BCUT2D eigenvalue weighted by molar-refractivity contribution is 7.14. The van der Waals surface area contributed by atoms with Crippen LogP contribution in [0.3, 0.4) is 0 Å². The van der Waals surface area contributed by atoms with Crippen LogP contribution in [0.2, 0.25) is 0 Å².